The van der Waals surface area contributed by atoms with Gasteiger partial charge in [0.2, 0.25) is 0 Å². The molecule has 2 amide bonds. The first-order chi connectivity index (χ1) is 11.3. The van der Waals surface area contributed by atoms with Crippen molar-refractivity contribution in [3.63, 3.8) is 0 Å². The third-order valence-corrected chi connectivity index (χ3v) is 3.81. The van der Waals surface area contributed by atoms with Crippen LogP contribution in [0.2, 0.25) is 0 Å². The van der Waals surface area contributed by atoms with Crippen molar-refractivity contribution < 1.29 is 41.8 Å². The molecule has 0 spiro atoms. The van der Waals surface area contributed by atoms with Crippen molar-refractivity contribution in [3.05, 3.63) is 12.2 Å². The van der Waals surface area contributed by atoms with Crippen molar-refractivity contribution in [3.8, 4) is 0 Å². The molecule has 0 aromatic heterocycles. The Kier molecular flexibility index (Phi) is 5.70. The number of rotatable bonds is 7. The zero-order valence-corrected chi connectivity index (χ0v) is 13.0. The number of hydroxylamine groups is 2. The highest BCUT2D eigenvalue weighted by atomic mass is 32.2. The third-order valence-electron chi connectivity index (χ3n) is 3.42. The summed E-state index contributed by atoms with van der Waals surface area (Å²) in [6.45, 7) is 0. The van der Waals surface area contributed by atoms with Crippen molar-refractivity contribution in [2.24, 2.45) is 5.92 Å². The van der Waals surface area contributed by atoms with Crippen molar-refractivity contribution >= 4 is 40.7 Å². The zero-order chi connectivity index (χ0) is 17.9. The monoisotopic (exact) mass is 358 g/mol. The molecule has 0 aromatic carbocycles. The summed E-state index contributed by atoms with van der Waals surface area (Å²) in [7, 11) is 0. The van der Waals surface area contributed by atoms with Crippen LogP contribution >= 0.6 is 0 Å². The van der Waals surface area contributed by atoms with E-state index < -0.39 is 47.6 Å². The second-order valence-corrected chi connectivity index (χ2v) is 5.67. The van der Waals surface area contributed by atoms with Gasteiger partial charge in [0.15, 0.2) is 17.7 Å². The minimum Gasteiger partial charge on any atom is -0.750 e. The zero-order valence-electron chi connectivity index (χ0n) is 12.2. The normalized spacial score (nSPS) is 22.5. The quantitative estimate of drug-likeness (QED) is 0.313. The number of ketones is 2. The Morgan fingerprint density at radius 3 is 2.46 bits per heavy atom. The van der Waals surface area contributed by atoms with E-state index in [1.54, 1.807) is 0 Å². The lowest BCUT2D eigenvalue weighted by Gasteiger charge is -2.14. The molecule has 1 fully saturated rings. The standard InChI is InChI=1S/C13H13NO9S/c15-8-4-5-9(16)7(8)2-1-3-12(18)22-14-11(17)6-10(13(14)19)23-24(20)21/h4-5,7,10H,1-3,6H2,(H,20,21)/p-1. The molecule has 2 aliphatic rings. The van der Waals surface area contributed by atoms with E-state index in [2.05, 4.69) is 9.02 Å². The van der Waals surface area contributed by atoms with Gasteiger partial charge in [0.25, 0.3) is 11.8 Å². The number of imide groups is 1. The van der Waals surface area contributed by atoms with E-state index in [4.69, 9.17) is 0 Å². The molecular weight excluding hydrogens is 346 g/mol. The molecule has 11 heteroatoms. The Bertz CT molecular complexity index is 638. The van der Waals surface area contributed by atoms with Gasteiger partial charge in [-0.3, -0.25) is 23.4 Å². The van der Waals surface area contributed by atoms with Crippen LogP contribution in [0.3, 0.4) is 0 Å². The van der Waals surface area contributed by atoms with Crippen molar-refractivity contribution in [2.45, 2.75) is 31.8 Å². The van der Waals surface area contributed by atoms with Gasteiger partial charge >= 0.3 is 5.97 Å². The van der Waals surface area contributed by atoms with Crippen LogP contribution in [0.4, 0.5) is 0 Å². The minimum atomic E-state index is -2.99. The predicted octanol–water partition coefficient (Wildman–Crippen LogP) is -1.12. The first-order valence-corrected chi connectivity index (χ1v) is 7.89. The molecule has 0 bridgehead atoms. The average molecular weight is 358 g/mol. The Balaban J connectivity index is 1.79. The Hall–Kier alpha value is -2.24. The number of amides is 2. The lowest BCUT2D eigenvalue weighted by atomic mass is 9.98. The van der Waals surface area contributed by atoms with E-state index in [1.165, 1.54) is 12.2 Å². The summed E-state index contributed by atoms with van der Waals surface area (Å²) in [6, 6.07) is 0. The molecule has 1 aliphatic carbocycles. The Morgan fingerprint density at radius 1 is 1.25 bits per heavy atom. The number of hydrogen-bond acceptors (Lipinski definition) is 9. The number of nitrogens with zero attached hydrogens (tertiary/aromatic N) is 1. The van der Waals surface area contributed by atoms with Crippen molar-refractivity contribution in [1.82, 2.24) is 5.06 Å². The fraction of sp³-hybridized carbons (Fsp3) is 0.462. The first-order valence-electron chi connectivity index (χ1n) is 6.89. The topological polar surface area (TPSA) is 147 Å². The van der Waals surface area contributed by atoms with Gasteiger partial charge in [-0.15, -0.1) is 0 Å². The van der Waals surface area contributed by atoms with Gasteiger partial charge in [-0.2, -0.15) is 0 Å². The Labute approximate surface area is 138 Å². The number of allylic oxidation sites excluding steroid dienone is 2. The van der Waals surface area contributed by atoms with Crippen LogP contribution in [0.5, 0.6) is 0 Å². The van der Waals surface area contributed by atoms with Crippen LogP contribution in [0.1, 0.15) is 25.7 Å². The number of carbonyl (C=O) groups is 5. The summed E-state index contributed by atoms with van der Waals surface area (Å²) in [5.41, 5.74) is 0. The maximum atomic E-state index is 11.7. The van der Waals surface area contributed by atoms with Gasteiger partial charge in [-0.25, -0.2) is 9.00 Å². The van der Waals surface area contributed by atoms with E-state index >= 15 is 0 Å². The molecule has 1 aliphatic heterocycles. The van der Waals surface area contributed by atoms with Crippen LogP contribution in [-0.4, -0.2) is 49.3 Å². The molecule has 0 saturated carbocycles. The van der Waals surface area contributed by atoms with Crippen molar-refractivity contribution in [1.29, 1.82) is 0 Å². The maximum absolute atomic E-state index is 11.7. The fourth-order valence-electron chi connectivity index (χ4n) is 2.27. The molecule has 2 rings (SSSR count). The molecule has 2 atom stereocenters. The lowest BCUT2D eigenvalue weighted by molar-refractivity contribution is -0.198. The molecule has 10 nitrogen and oxygen atoms in total. The largest absolute Gasteiger partial charge is 0.750 e. The summed E-state index contributed by atoms with van der Waals surface area (Å²) >= 11 is -2.99. The second kappa shape index (κ2) is 7.55. The molecule has 2 unspecified atom stereocenters. The van der Waals surface area contributed by atoms with Gasteiger partial charge < -0.3 is 9.39 Å². The first kappa shape index (κ1) is 18.1. The highest BCUT2D eigenvalue weighted by Crippen LogP contribution is 2.20. The van der Waals surface area contributed by atoms with E-state index in [0.29, 0.717) is 0 Å². The molecule has 0 radical (unpaired) electrons. The third kappa shape index (κ3) is 4.19. The lowest BCUT2D eigenvalue weighted by Crippen LogP contribution is -2.35. The summed E-state index contributed by atoms with van der Waals surface area (Å²) < 4.78 is 25.0. The Morgan fingerprint density at radius 2 is 1.88 bits per heavy atom. The molecule has 1 saturated heterocycles. The van der Waals surface area contributed by atoms with Gasteiger partial charge in [-0.1, -0.05) is 5.06 Å². The summed E-state index contributed by atoms with van der Waals surface area (Å²) in [5, 5.41) is 0.160. The van der Waals surface area contributed by atoms with Gasteiger partial charge in [0.1, 0.15) is 0 Å². The maximum Gasteiger partial charge on any atom is 0.333 e. The number of hydrogen-bond donors (Lipinski definition) is 0. The molecular formula is C13H12NO9S-. The van der Waals surface area contributed by atoms with Crippen LogP contribution in [0.25, 0.3) is 0 Å². The van der Waals surface area contributed by atoms with E-state index in [-0.39, 0.29) is 35.9 Å². The second-order valence-electron chi connectivity index (χ2n) is 5.07. The molecule has 1 heterocycles. The predicted molar refractivity (Wildman–Crippen MR) is 72.8 cm³/mol. The van der Waals surface area contributed by atoms with E-state index in [9.17, 15) is 32.7 Å². The highest BCUT2D eigenvalue weighted by Gasteiger charge is 2.43. The van der Waals surface area contributed by atoms with Gasteiger partial charge in [-0.05, 0) is 25.0 Å². The minimum absolute atomic E-state index is 0.141. The number of carbonyl (C=O) groups excluding carboxylic acids is 5. The van der Waals surface area contributed by atoms with Crippen LogP contribution < -0.4 is 0 Å². The average Bonchev–Trinajstić information content (AvgIpc) is 2.94. The van der Waals surface area contributed by atoms with Gasteiger partial charge in [0.05, 0.1) is 23.7 Å². The van der Waals surface area contributed by atoms with Crippen molar-refractivity contribution in [2.75, 3.05) is 0 Å². The molecule has 130 valence electrons. The van der Waals surface area contributed by atoms with E-state index in [0.717, 1.165) is 0 Å². The summed E-state index contributed by atoms with van der Waals surface area (Å²) in [5.74, 6) is -4.39. The fourth-order valence-corrected chi connectivity index (χ4v) is 2.61. The molecule has 0 aromatic rings. The SMILES string of the molecule is O=C(CCCC1C(=O)C=CC1=O)ON1C(=O)CC(OS(=O)[O-])C1=O. The summed E-state index contributed by atoms with van der Waals surface area (Å²) in [6.07, 6.45) is 0.291. The smallest absolute Gasteiger partial charge is 0.333 e. The van der Waals surface area contributed by atoms with E-state index in [1.807, 2.05) is 0 Å². The van der Waals surface area contributed by atoms with Crippen LogP contribution in [0, 0.1) is 5.92 Å². The van der Waals surface area contributed by atoms with Crippen LogP contribution in [-0.2, 0) is 44.4 Å². The molecule has 24 heavy (non-hydrogen) atoms. The van der Waals surface area contributed by atoms with Gasteiger partial charge in [0, 0.05) is 6.42 Å². The van der Waals surface area contributed by atoms with Crippen LogP contribution in [0.15, 0.2) is 12.2 Å². The molecule has 0 N–H and O–H groups in total. The summed E-state index contributed by atoms with van der Waals surface area (Å²) in [4.78, 5) is 62.2. The highest BCUT2D eigenvalue weighted by molar-refractivity contribution is 7.74.